The first-order chi connectivity index (χ1) is 11.6. The van der Waals surface area contributed by atoms with Crippen LogP contribution >= 0.6 is 11.8 Å². The molecule has 0 saturated carbocycles. The molecule has 0 atom stereocenters. The Morgan fingerprint density at radius 3 is 2.62 bits per heavy atom. The van der Waals surface area contributed by atoms with E-state index >= 15 is 0 Å². The van der Waals surface area contributed by atoms with Crippen molar-refractivity contribution in [1.82, 2.24) is 20.2 Å². The van der Waals surface area contributed by atoms with Gasteiger partial charge in [-0.3, -0.25) is 0 Å². The van der Waals surface area contributed by atoms with E-state index in [9.17, 15) is 0 Å². The zero-order valence-electron chi connectivity index (χ0n) is 14.3. The highest BCUT2D eigenvalue weighted by molar-refractivity contribution is 7.98. The van der Waals surface area contributed by atoms with Crippen molar-refractivity contribution >= 4 is 11.8 Å². The molecule has 2 aromatic carbocycles. The van der Waals surface area contributed by atoms with E-state index < -0.39 is 0 Å². The molecular formula is C18H20N4OS. The molecule has 0 aliphatic carbocycles. The van der Waals surface area contributed by atoms with Crippen LogP contribution in [0, 0.1) is 20.8 Å². The van der Waals surface area contributed by atoms with Crippen LogP contribution in [0.2, 0.25) is 0 Å². The van der Waals surface area contributed by atoms with Crippen molar-refractivity contribution < 1.29 is 4.74 Å². The van der Waals surface area contributed by atoms with Crippen LogP contribution in [0.15, 0.2) is 41.6 Å². The Labute approximate surface area is 146 Å². The molecule has 0 saturated heterocycles. The summed E-state index contributed by atoms with van der Waals surface area (Å²) in [5.74, 6) is 1.63. The molecule has 3 rings (SSSR count). The van der Waals surface area contributed by atoms with Crippen LogP contribution < -0.4 is 4.74 Å². The summed E-state index contributed by atoms with van der Waals surface area (Å²) in [7, 11) is 1.69. The first-order valence-corrected chi connectivity index (χ1v) is 8.69. The fourth-order valence-electron chi connectivity index (χ4n) is 2.45. The zero-order valence-corrected chi connectivity index (χ0v) is 15.1. The lowest BCUT2D eigenvalue weighted by Gasteiger charge is -2.10. The van der Waals surface area contributed by atoms with Crippen molar-refractivity contribution in [2.45, 2.75) is 31.7 Å². The highest BCUT2D eigenvalue weighted by atomic mass is 32.2. The molecule has 1 heterocycles. The van der Waals surface area contributed by atoms with Gasteiger partial charge in [-0.1, -0.05) is 35.5 Å². The molecule has 0 unspecified atom stereocenters. The first kappa shape index (κ1) is 16.5. The predicted molar refractivity (Wildman–Crippen MR) is 95.9 cm³/mol. The molecule has 0 aliphatic rings. The second-order valence-electron chi connectivity index (χ2n) is 5.75. The number of hydrogen-bond donors (Lipinski definition) is 0. The summed E-state index contributed by atoms with van der Waals surface area (Å²) in [5, 5.41) is 12.9. The van der Waals surface area contributed by atoms with Gasteiger partial charge in [0, 0.05) is 11.3 Å². The summed E-state index contributed by atoms with van der Waals surface area (Å²) in [4.78, 5) is 0. The summed E-state index contributed by atoms with van der Waals surface area (Å²) in [6, 6.07) is 12.4. The summed E-state index contributed by atoms with van der Waals surface area (Å²) >= 11 is 1.60. The van der Waals surface area contributed by atoms with Crippen molar-refractivity contribution in [2.24, 2.45) is 0 Å². The molecule has 0 N–H and O–H groups in total. The monoisotopic (exact) mass is 340 g/mol. The molecule has 0 fully saturated rings. The summed E-state index contributed by atoms with van der Waals surface area (Å²) in [6.45, 7) is 6.26. The predicted octanol–water partition coefficient (Wildman–Crippen LogP) is 3.89. The van der Waals surface area contributed by atoms with E-state index in [0.717, 1.165) is 27.9 Å². The molecule has 24 heavy (non-hydrogen) atoms. The number of nitrogens with zero attached hydrogens (tertiary/aromatic N) is 4. The van der Waals surface area contributed by atoms with E-state index in [1.165, 1.54) is 16.7 Å². The van der Waals surface area contributed by atoms with Gasteiger partial charge < -0.3 is 4.74 Å². The molecule has 5 nitrogen and oxygen atoms in total. The maximum Gasteiger partial charge on any atom is 0.214 e. The fourth-order valence-corrected chi connectivity index (χ4v) is 3.32. The molecule has 0 aliphatic heterocycles. The second-order valence-corrected chi connectivity index (χ2v) is 6.69. The van der Waals surface area contributed by atoms with Gasteiger partial charge in [-0.2, -0.15) is 4.68 Å². The third-order valence-corrected chi connectivity index (χ3v) is 4.94. The topological polar surface area (TPSA) is 52.8 Å². The molecule has 124 valence electrons. The van der Waals surface area contributed by atoms with Crippen molar-refractivity contribution in [3.63, 3.8) is 0 Å². The number of aryl methyl sites for hydroxylation is 3. The van der Waals surface area contributed by atoms with E-state index in [1.807, 2.05) is 18.2 Å². The SMILES string of the molecule is COc1ccc(C)cc1CSc1nnnn1-c1ccc(C)c(C)c1. The molecule has 0 spiro atoms. The minimum Gasteiger partial charge on any atom is -0.496 e. The van der Waals surface area contributed by atoms with Gasteiger partial charge in [0.25, 0.3) is 0 Å². The maximum absolute atomic E-state index is 5.44. The Morgan fingerprint density at radius 2 is 1.88 bits per heavy atom. The van der Waals surface area contributed by atoms with Crippen LogP contribution in [-0.2, 0) is 5.75 Å². The average Bonchev–Trinajstić information content (AvgIpc) is 3.04. The Balaban J connectivity index is 1.84. The normalized spacial score (nSPS) is 10.8. The number of aromatic nitrogens is 4. The first-order valence-electron chi connectivity index (χ1n) is 7.71. The Bertz CT molecular complexity index is 860. The van der Waals surface area contributed by atoms with E-state index in [0.29, 0.717) is 0 Å². The van der Waals surface area contributed by atoms with Crippen LogP contribution in [0.3, 0.4) is 0 Å². The number of ether oxygens (including phenoxy) is 1. The smallest absolute Gasteiger partial charge is 0.214 e. The average molecular weight is 340 g/mol. The Hall–Kier alpha value is -2.34. The quantitative estimate of drug-likeness (QED) is 0.660. The van der Waals surface area contributed by atoms with Gasteiger partial charge in [-0.15, -0.1) is 5.10 Å². The molecule has 0 radical (unpaired) electrons. The second kappa shape index (κ2) is 7.05. The van der Waals surface area contributed by atoms with E-state index in [1.54, 1.807) is 23.6 Å². The van der Waals surface area contributed by atoms with Crippen molar-refractivity contribution in [2.75, 3.05) is 7.11 Å². The third kappa shape index (κ3) is 3.43. The van der Waals surface area contributed by atoms with Crippen LogP contribution in [0.25, 0.3) is 5.69 Å². The summed E-state index contributed by atoms with van der Waals surface area (Å²) in [6.07, 6.45) is 0. The molecule has 0 amide bonds. The number of hydrogen-bond acceptors (Lipinski definition) is 5. The number of benzene rings is 2. The molecular weight excluding hydrogens is 320 g/mol. The molecule has 0 bridgehead atoms. The van der Waals surface area contributed by atoms with Crippen LogP contribution in [-0.4, -0.2) is 27.3 Å². The minimum atomic E-state index is 0.746. The molecule has 3 aromatic rings. The number of tetrazole rings is 1. The lowest BCUT2D eigenvalue weighted by atomic mass is 10.1. The third-order valence-electron chi connectivity index (χ3n) is 3.97. The number of rotatable bonds is 5. The van der Waals surface area contributed by atoms with Crippen LogP contribution in [0.1, 0.15) is 22.3 Å². The van der Waals surface area contributed by atoms with Gasteiger partial charge in [0.15, 0.2) is 0 Å². The van der Waals surface area contributed by atoms with Crippen molar-refractivity contribution in [3.05, 3.63) is 58.7 Å². The van der Waals surface area contributed by atoms with Gasteiger partial charge in [0.2, 0.25) is 5.16 Å². The fraction of sp³-hybridized carbons (Fsp3) is 0.278. The lowest BCUT2D eigenvalue weighted by Crippen LogP contribution is -2.00. The lowest BCUT2D eigenvalue weighted by molar-refractivity contribution is 0.411. The zero-order chi connectivity index (χ0) is 17.1. The molecule has 1 aromatic heterocycles. The van der Waals surface area contributed by atoms with Crippen molar-refractivity contribution in [1.29, 1.82) is 0 Å². The standard InChI is InChI=1S/C18H20N4OS/c1-12-5-8-17(23-4)15(9-12)11-24-18-19-20-21-22(18)16-7-6-13(2)14(3)10-16/h5-10H,11H2,1-4H3. The molecule has 6 heteroatoms. The van der Waals surface area contributed by atoms with E-state index in [-0.39, 0.29) is 0 Å². The Morgan fingerprint density at radius 1 is 1.04 bits per heavy atom. The largest absolute Gasteiger partial charge is 0.496 e. The van der Waals surface area contributed by atoms with Crippen molar-refractivity contribution in [3.8, 4) is 11.4 Å². The summed E-state index contributed by atoms with van der Waals surface area (Å²) in [5.41, 5.74) is 5.80. The Kier molecular flexibility index (Phi) is 4.85. The van der Waals surface area contributed by atoms with Gasteiger partial charge in [-0.25, -0.2) is 0 Å². The number of methoxy groups -OCH3 is 1. The summed E-state index contributed by atoms with van der Waals surface area (Å²) < 4.78 is 7.22. The van der Waals surface area contributed by atoms with Gasteiger partial charge in [-0.05, 0) is 60.5 Å². The van der Waals surface area contributed by atoms with E-state index in [2.05, 4.69) is 54.5 Å². The van der Waals surface area contributed by atoms with E-state index in [4.69, 9.17) is 4.74 Å². The van der Waals surface area contributed by atoms with Gasteiger partial charge >= 0.3 is 0 Å². The highest BCUT2D eigenvalue weighted by Gasteiger charge is 2.12. The van der Waals surface area contributed by atoms with Gasteiger partial charge in [0.05, 0.1) is 12.8 Å². The number of thioether (sulfide) groups is 1. The van der Waals surface area contributed by atoms with Crippen LogP contribution in [0.5, 0.6) is 5.75 Å². The highest BCUT2D eigenvalue weighted by Crippen LogP contribution is 2.28. The van der Waals surface area contributed by atoms with Crippen LogP contribution in [0.4, 0.5) is 0 Å². The van der Waals surface area contributed by atoms with Gasteiger partial charge in [0.1, 0.15) is 5.75 Å². The minimum absolute atomic E-state index is 0.746. The maximum atomic E-state index is 5.44.